The first-order valence-electron chi connectivity index (χ1n) is 9.31. The average molecular weight is 427 g/mol. The fraction of sp³-hybridized carbons (Fsp3) is 0.526. The number of nitrogens with one attached hydrogen (secondary N) is 2. The van der Waals surface area contributed by atoms with Crippen LogP contribution in [0.3, 0.4) is 0 Å². The van der Waals surface area contributed by atoms with E-state index in [2.05, 4.69) is 10.6 Å². The maximum absolute atomic E-state index is 13.9. The van der Waals surface area contributed by atoms with Gasteiger partial charge < -0.3 is 19.5 Å². The Bertz CT molecular complexity index is 871. The number of alkyl carbamates (subject to hydrolysis) is 1. The lowest BCUT2D eigenvalue weighted by molar-refractivity contribution is 0.0496. The van der Waals surface area contributed by atoms with Crippen molar-refractivity contribution in [2.24, 2.45) is 0 Å². The molecule has 1 atom stereocenters. The van der Waals surface area contributed by atoms with Gasteiger partial charge in [-0.15, -0.1) is 0 Å². The van der Waals surface area contributed by atoms with E-state index in [1.807, 2.05) is 0 Å². The number of benzene rings is 1. The highest BCUT2D eigenvalue weighted by atomic mass is 19.1. The third kappa shape index (κ3) is 4.55. The van der Waals surface area contributed by atoms with Gasteiger partial charge in [-0.25, -0.2) is 23.2 Å². The van der Waals surface area contributed by atoms with Crippen molar-refractivity contribution in [2.45, 2.75) is 52.4 Å². The van der Waals surface area contributed by atoms with Gasteiger partial charge in [0.2, 0.25) is 0 Å². The van der Waals surface area contributed by atoms with E-state index in [0.29, 0.717) is 0 Å². The van der Waals surface area contributed by atoms with E-state index in [4.69, 9.17) is 14.2 Å². The number of halogens is 2. The van der Waals surface area contributed by atoms with Crippen LogP contribution in [0.2, 0.25) is 0 Å². The van der Waals surface area contributed by atoms with E-state index in [9.17, 15) is 23.2 Å². The Balaban J connectivity index is 1.80. The summed E-state index contributed by atoms with van der Waals surface area (Å²) in [6.07, 6.45) is -2.89. The first-order valence-corrected chi connectivity index (χ1v) is 9.31. The first-order chi connectivity index (χ1) is 14.1. The Morgan fingerprint density at radius 1 is 1.33 bits per heavy atom. The standard InChI is InChI=1S/C19H23F2N3O6/c1-19(2,3)30-16(25)22-7-11-8-24(18(27)29-11)14-4-10(5-20)15-13(12(14)6-21)9-28-17(26)23-15/h4,11H,5-9H2,1-3H3,(H,22,25)(H,23,26). The molecule has 2 aliphatic rings. The third-order valence-electron chi connectivity index (χ3n) is 4.50. The van der Waals surface area contributed by atoms with E-state index >= 15 is 0 Å². The van der Waals surface area contributed by atoms with Gasteiger partial charge in [0.1, 0.15) is 31.7 Å². The van der Waals surface area contributed by atoms with Crippen molar-refractivity contribution in [1.29, 1.82) is 0 Å². The molecule has 2 N–H and O–H groups in total. The van der Waals surface area contributed by atoms with Crippen molar-refractivity contribution in [3.8, 4) is 0 Å². The molecule has 1 aromatic rings. The van der Waals surface area contributed by atoms with Gasteiger partial charge in [-0.05, 0) is 26.8 Å². The SMILES string of the molecule is CC(C)(C)OC(=O)NCC1CN(c2cc(CF)c3c(c2CF)COC(=O)N3)C(=O)O1. The molecule has 0 radical (unpaired) electrons. The summed E-state index contributed by atoms with van der Waals surface area (Å²) in [6, 6.07) is 1.31. The van der Waals surface area contributed by atoms with Gasteiger partial charge in [0.15, 0.2) is 0 Å². The lowest BCUT2D eigenvalue weighted by Crippen LogP contribution is -2.38. The largest absolute Gasteiger partial charge is 0.444 e. The first kappa shape index (κ1) is 21.6. The van der Waals surface area contributed by atoms with E-state index in [0.717, 1.165) is 0 Å². The Kier molecular flexibility index (Phi) is 5.99. The summed E-state index contributed by atoms with van der Waals surface area (Å²) in [4.78, 5) is 36.8. The summed E-state index contributed by atoms with van der Waals surface area (Å²) in [5, 5.41) is 4.89. The quantitative estimate of drug-likeness (QED) is 0.697. The number of amides is 3. The molecule has 1 aromatic carbocycles. The van der Waals surface area contributed by atoms with Crippen LogP contribution in [0.15, 0.2) is 6.07 Å². The molecule has 0 aliphatic carbocycles. The molecule has 1 fully saturated rings. The molecule has 9 nitrogen and oxygen atoms in total. The minimum atomic E-state index is -0.964. The second-order valence-electron chi connectivity index (χ2n) is 7.85. The normalized spacial score (nSPS) is 18.3. The van der Waals surface area contributed by atoms with Crippen molar-refractivity contribution in [1.82, 2.24) is 5.32 Å². The fourth-order valence-electron chi connectivity index (χ4n) is 3.25. The number of nitrogens with zero attached hydrogens (tertiary/aromatic N) is 1. The number of carbonyl (C=O) groups excluding carboxylic acids is 3. The summed E-state index contributed by atoms with van der Waals surface area (Å²) >= 11 is 0. The lowest BCUT2D eigenvalue weighted by Gasteiger charge is -2.26. The van der Waals surface area contributed by atoms with Crippen molar-refractivity contribution in [3.05, 3.63) is 22.8 Å². The molecule has 0 aromatic heterocycles. The monoisotopic (exact) mass is 427 g/mol. The minimum Gasteiger partial charge on any atom is -0.444 e. The van der Waals surface area contributed by atoms with Crippen molar-refractivity contribution in [3.63, 3.8) is 0 Å². The topological polar surface area (TPSA) is 106 Å². The van der Waals surface area contributed by atoms with Crippen LogP contribution >= 0.6 is 0 Å². The molecule has 0 saturated carbocycles. The van der Waals surface area contributed by atoms with Gasteiger partial charge in [-0.2, -0.15) is 0 Å². The molecular formula is C19H23F2N3O6. The molecule has 1 saturated heterocycles. The second-order valence-corrected chi connectivity index (χ2v) is 7.85. The molecule has 164 valence electrons. The van der Waals surface area contributed by atoms with Crippen LogP contribution in [0, 0.1) is 0 Å². The van der Waals surface area contributed by atoms with Gasteiger partial charge in [-0.3, -0.25) is 10.2 Å². The maximum Gasteiger partial charge on any atom is 0.414 e. The Morgan fingerprint density at radius 3 is 2.70 bits per heavy atom. The fourth-order valence-corrected chi connectivity index (χ4v) is 3.25. The predicted molar refractivity (Wildman–Crippen MR) is 102 cm³/mol. The molecule has 0 bridgehead atoms. The van der Waals surface area contributed by atoms with E-state index in [1.165, 1.54) is 11.0 Å². The summed E-state index contributed by atoms with van der Waals surface area (Å²) in [7, 11) is 0. The average Bonchev–Trinajstić information content (AvgIpc) is 3.04. The zero-order valence-corrected chi connectivity index (χ0v) is 16.8. The number of fused-ring (bicyclic) bond motifs is 1. The number of carbonyl (C=O) groups is 3. The Hall–Kier alpha value is -3.11. The van der Waals surface area contributed by atoms with Crippen LogP contribution in [-0.2, 0) is 34.2 Å². The molecule has 3 rings (SSSR count). The molecule has 11 heteroatoms. The summed E-state index contributed by atoms with van der Waals surface area (Å²) in [5.74, 6) is 0. The number of cyclic esters (lactones) is 2. The zero-order valence-electron chi connectivity index (χ0n) is 16.8. The van der Waals surface area contributed by atoms with Crippen LogP contribution in [-0.4, -0.2) is 43.1 Å². The van der Waals surface area contributed by atoms with Crippen molar-refractivity contribution in [2.75, 3.05) is 23.3 Å². The zero-order chi connectivity index (χ0) is 22.1. The highest BCUT2D eigenvalue weighted by Crippen LogP contribution is 2.38. The molecule has 2 aliphatic heterocycles. The molecule has 1 unspecified atom stereocenters. The molecule has 0 spiro atoms. The second kappa shape index (κ2) is 8.33. The van der Waals surface area contributed by atoms with Gasteiger partial charge in [0, 0.05) is 16.7 Å². The highest BCUT2D eigenvalue weighted by Gasteiger charge is 2.36. The number of alkyl halides is 2. The van der Waals surface area contributed by atoms with E-state index in [-0.39, 0.29) is 47.8 Å². The van der Waals surface area contributed by atoms with Crippen LogP contribution < -0.4 is 15.5 Å². The molecular weight excluding hydrogens is 404 g/mol. The van der Waals surface area contributed by atoms with E-state index < -0.39 is 43.3 Å². The number of ether oxygens (including phenoxy) is 3. The number of hydrogen-bond donors (Lipinski definition) is 2. The smallest absolute Gasteiger partial charge is 0.414 e. The Morgan fingerprint density at radius 2 is 2.07 bits per heavy atom. The van der Waals surface area contributed by atoms with Gasteiger partial charge in [0.25, 0.3) is 0 Å². The van der Waals surface area contributed by atoms with E-state index in [1.54, 1.807) is 20.8 Å². The lowest BCUT2D eigenvalue weighted by atomic mass is 9.98. The Labute approximate surface area is 171 Å². The van der Waals surface area contributed by atoms with Gasteiger partial charge >= 0.3 is 18.3 Å². The third-order valence-corrected chi connectivity index (χ3v) is 4.50. The number of rotatable bonds is 5. The van der Waals surface area contributed by atoms with Crippen LogP contribution in [0.1, 0.15) is 37.5 Å². The van der Waals surface area contributed by atoms with Crippen LogP contribution in [0.25, 0.3) is 0 Å². The van der Waals surface area contributed by atoms with Crippen molar-refractivity contribution >= 4 is 29.7 Å². The maximum atomic E-state index is 13.9. The minimum absolute atomic E-state index is 0.0117. The van der Waals surface area contributed by atoms with Crippen LogP contribution in [0.5, 0.6) is 0 Å². The van der Waals surface area contributed by atoms with Gasteiger partial charge in [-0.1, -0.05) is 0 Å². The molecule has 3 amide bonds. The van der Waals surface area contributed by atoms with Crippen LogP contribution in [0.4, 0.5) is 34.5 Å². The molecule has 30 heavy (non-hydrogen) atoms. The number of anilines is 2. The molecule has 2 heterocycles. The summed E-state index contributed by atoms with van der Waals surface area (Å²) in [6.45, 7) is 3.01. The highest BCUT2D eigenvalue weighted by molar-refractivity contribution is 5.95. The van der Waals surface area contributed by atoms with Gasteiger partial charge in [0.05, 0.1) is 24.5 Å². The summed E-state index contributed by atoms with van der Waals surface area (Å²) < 4.78 is 42.7. The predicted octanol–water partition coefficient (Wildman–Crippen LogP) is 3.54. The van der Waals surface area contributed by atoms with Crippen molar-refractivity contribution < 1.29 is 37.4 Å². The summed E-state index contributed by atoms with van der Waals surface area (Å²) in [5.41, 5.74) is 0.0681. The number of hydrogen-bond acceptors (Lipinski definition) is 6.